The number of nitrogens with zero attached hydrogens (tertiary/aromatic N) is 2. The Morgan fingerprint density at radius 3 is 2.80 bits per heavy atom. The van der Waals surface area contributed by atoms with Crippen LogP contribution in [-0.4, -0.2) is 16.1 Å². The number of hydrogen-bond donors (Lipinski definition) is 1. The fourth-order valence-corrected chi connectivity index (χ4v) is 2.31. The van der Waals surface area contributed by atoms with Gasteiger partial charge in [0.2, 0.25) is 5.95 Å². The van der Waals surface area contributed by atoms with Crippen molar-refractivity contribution < 1.29 is 4.39 Å². The second kappa shape index (κ2) is 5.33. The lowest BCUT2D eigenvalue weighted by molar-refractivity contribution is 0.625. The Kier molecular flexibility index (Phi) is 3.37. The first-order chi connectivity index (χ1) is 9.74. The molecule has 3 nitrogen and oxygen atoms in total. The van der Waals surface area contributed by atoms with E-state index >= 15 is 0 Å². The van der Waals surface area contributed by atoms with Crippen LogP contribution in [0.1, 0.15) is 5.56 Å². The third-order valence-corrected chi connectivity index (χ3v) is 3.37. The molecule has 4 heteroatoms. The molecule has 0 saturated heterocycles. The molecule has 1 heterocycles. The summed E-state index contributed by atoms with van der Waals surface area (Å²) in [7, 11) is 1.99. The lowest BCUT2D eigenvalue weighted by Crippen LogP contribution is -2.09. The molecule has 0 bridgehead atoms. The average molecular weight is 269 g/mol. The van der Waals surface area contributed by atoms with Gasteiger partial charge in [-0.05, 0) is 36.2 Å². The molecular formula is C16H16FN3. The van der Waals surface area contributed by atoms with E-state index in [1.54, 1.807) is 12.1 Å². The summed E-state index contributed by atoms with van der Waals surface area (Å²) in [4.78, 5) is 4.54. The molecule has 0 unspecified atom stereocenters. The third kappa shape index (κ3) is 2.50. The van der Waals surface area contributed by atoms with E-state index in [2.05, 4.69) is 10.3 Å². The molecule has 0 fully saturated rings. The van der Waals surface area contributed by atoms with Crippen molar-refractivity contribution >= 4 is 17.0 Å². The van der Waals surface area contributed by atoms with E-state index in [4.69, 9.17) is 0 Å². The molecule has 0 aliphatic carbocycles. The SMILES string of the molecule is Cn1c(NCCc2cccc(F)c2)nc2ccccc21. The van der Waals surface area contributed by atoms with Gasteiger partial charge >= 0.3 is 0 Å². The van der Waals surface area contributed by atoms with Gasteiger partial charge in [0, 0.05) is 13.6 Å². The van der Waals surface area contributed by atoms with Gasteiger partial charge in [-0.15, -0.1) is 0 Å². The lowest BCUT2D eigenvalue weighted by Gasteiger charge is -2.06. The number of aromatic nitrogens is 2. The zero-order valence-corrected chi connectivity index (χ0v) is 11.3. The van der Waals surface area contributed by atoms with Crippen molar-refractivity contribution in [2.24, 2.45) is 7.05 Å². The maximum absolute atomic E-state index is 13.1. The Labute approximate surface area is 117 Å². The van der Waals surface area contributed by atoms with Crippen LogP contribution in [0, 0.1) is 5.82 Å². The fraction of sp³-hybridized carbons (Fsp3) is 0.188. The smallest absolute Gasteiger partial charge is 0.203 e. The Bertz CT molecular complexity index is 733. The van der Waals surface area contributed by atoms with E-state index in [-0.39, 0.29) is 5.82 Å². The van der Waals surface area contributed by atoms with Gasteiger partial charge in [0.25, 0.3) is 0 Å². The van der Waals surface area contributed by atoms with Gasteiger partial charge in [-0.2, -0.15) is 0 Å². The molecule has 0 saturated carbocycles. The van der Waals surface area contributed by atoms with Crippen LogP contribution in [0.15, 0.2) is 48.5 Å². The second-order valence-corrected chi connectivity index (χ2v) is 4.79. The maximum atomic E-state index is 13.1. The van der Waals surface area contributed by atoms with Crippen LogP contribution in [0.4, 0.5) is 10.3 Å². The zero-order chi connectivity index (χ0) is 13.9. The van der Waals surface area contributed by atoms with Gasteiger partial charge in [0.05, 0.1) is 11.0 Å². The predicted octanol–water partition coefficient (Wildman–Crippen LogP) is 3.37. The van der Waals surface area contributed by atoms with E-state index in [9.17, 15) is 4.39 Å². The van der Waals surface area contributed by atoms with Crippen LogP contribution in [0.3, 0.4) is 0 Å². The molecule has 2 aromatic carbocycles. The monoisotopic (exact) mass is 269 g/mol. The Morgan fingerprint density at radius 2 is 2.00 bits per heavy atom. The minimum absolute atomic E-state index is 0.190. The van der Waals surface area contributed by atoms with Crippen molar-refractivity contribution in [2.45, 2.75) is 6.42 Å². The summed E-state index contributed by atoms with van der Waals surface area (Å²) in [5, 5.41) is 3.30. The predicted molar refractivity (Wildman–Crippen MR) is 79.3 cm³/mol. The molecule has 20 heavy (non-hydrogen) atoms. The summed E-state index contributed by atoms with van der Waals surface area (Å²) in [6, 6.07) is 14.7. The number of rotatable bonds is 4. The van der Waals surface area contributed by atoms with Gasteiger partial charge in [-0.1, -0.05) is 24.3 Å². The summed E-state index contributed by atoms with van der Waals surface area (Å²) in [5.41, 5.74) is 3.06. The first-order valence-electron chi connectivity index (χ1n) is 6.64. The van der Waals surface area contributed by atoms with E-state index < -0.39 is 0 Å². The molecule has 0 amide bonds. The van der Waals surface area contributed by atoms with Crippen LogP contribution in [0.2, 0.25) is 0 Å². The van der Waals surface area contributed by atoms with Gasteiger partial charge in [0.15, 0.2) is 0 Å². The molecule has 102 valence electrons. The van der Waals surface area contributed by atoms with Crippen LogP contribution in [-0.2, 0) is 13.5 Å². The van der Waals surface area contributed by atoms with Crippen LogP contribution in [0.5, 0.6) is 0 Å². The largest absolute Gasteiger partial charge is 0.355 e. The van der Waals surface area contributed by atoms with Crippen LogP contribution in [0.25, 0.3) is 11.0 Å². The van der Waals surface area contributed by atoms with E-state index in [0.29, 0.717) is 0 Å². The molecular weight excluding hydrogens is 253 g/mol. The molecule has 0 aliphatic rings. The number of para-hydroxylation sites is 2. The number of aryl methyl sites for hydroxylation is 1. The Morgan fingerprint density at radius 1 is 1.15 bits per heavy atom. The molecule has 1 aromatic heterocycles. The molecule has 3 rings (SSSR count). The molecule has 3 aromatic rings. The van der Waals surface area contributed by atoms with Crippen molar-refractivity contribution in [1.29, 1.82) is 0 Å². The van der Waals surface area contributed by atoms with E-state index in [1.807, 2.05) is 41.9 Å². The number of halogens is 1. The summed E-state index contributed by atoms with van der Waals surface area (Å²) in [6.45, 7) is 0.723. The topological polar surface area (TPSA) is 29.9 Å². The normalized spacial score (nSPS) is 10.9. The van der Waals surface area contributed by atoms with Crippen molar-refractivity contribution in [3.8, 4) is 0 Å². The molecule has 0 spiro atoms. The number of nitrogens with one attached hydrogen (secondary N) is 1. The van der Waals surface area contributed by atoms with Gasteiger partial charge < -0.3 is 9.88 Å². The van der Waals surface area contributed by atoms with Crippen LogP contribution >= 0.6 is 0 Å². The fourth-order valence-electron chi connectivity index (χ4n) is 2.31. The number of anilines is 1. The highest BCUT2D eigenvalue weighted by Gasteiger charge is 2.05. The average Bonchev–Trinajstić information content (AvgIpc) is 2.76. The Balaban J connectivity index is 1.69. The van der Waals surface area contributed by atoms with Crippen molar-refractivity contribution in [1.82, 2.24) is 9.55 Å². The highest BCUT2D eigenvalue weighted by Crippen LogP contribution is 2.17. The van der Waals surface area contributed by atoms with Gasteiger partial charge in [0.1, 0.15) is 5.82 Å². The highest BCUT2D eigenvalue weighted by molar-refractivity contribution is 5.78. The lowest BCUT2D eigenvalue weighted by atomic mass is 10.1. The number of hydrogen-bond acceptors (Lipinski definition) is 2. The number of imidazole rings is 1. The first kappa shape index (κ1) is 12.7. The molecule has 0 radical (unpaired) electrons. The Hall–Kier alpha value is -2.36. The number of fused-ring (bicyclic) bond motifs is 1. The van der Waals surface area contributed by atoms with Crippen molar-refractivity contribution in [2.75, 3.05) is 11.9 Å². The first-order valence-corrected chi connectivity index (χ1v) is 6.64. The van der Waals surface area contributed by atoms with Crippen molar-refractivity contribution in [3.63, 3.8) is 0 Å². The highest BCUT2D eigenvalue weighted by atomic mass is 19.1. The quantitative estimate of drug-likeness (QED) is 0.787. The summed E-state index contributed by atoms with van der Waals surface area (Å²) >= 11 is 0. The molecule has 1 N–H and O–H groups in total. The van der Waals surface area contributed by atoms with Gasteiger partial charge in [-0.3, -0.25) is 0 Å². The number of benzene rings is 2. The second-order valence-electron chi connectivity index (χ2n) is 4.79. The zero-order valence-electron chi connectivity index (χ0n) is 11.3. The summed E-state index contributed by atoms with van der Waals surface area (Å²) < 4.78 is 15.1. The third-order valence-electron chi connectivity index (χ3n) is 3.37. The van der Waals surface area contributed by atoms with Crippen LogP contribution < -0.4 is 5.32 Å². The van der Waals surface area contributed by atoms with E-state index in [0.717, 1.165) is 35.5 Å². The summed E-state index contributed by atoms with van der Waals surface area (Å²) in [5.74, 6) is 0.646. The maximum Gasteiger partial charge on any atom is 0.203 e. The van der Waals surface area contributed by atoms with Gasteiger partial charge in [-0.25, -0.2) is 9.37 Å². The minimum atomic E-state index is -0.190. The summed E-state index contributed by atoms with van der Waals surface area (Å²) in [6.07, 6.45) is 0.765. The van der Waals surface area contributed by atoms with Crippen molar-refractivity contribution in [3.05, 3.63) is 59.9 Å². The van der Waals surface area contributed by atoms with E-state index in [1.165, 1.54) is 6.07 Å². The standard InChI is InChI=1S/C16H16FN3/c1-20-15-8-3-2-7-14(15)19-16(20)18-10-9-12-5-4-6-13(17)11-12/h2-8,11H,9-10H2,1H3,(H,18,19). The molecule has 0 atom stereocenters. The minimum Gasteiger partial charge on any atom is -0.355 e. The molecule has 0 aliphatic heterocycles.